The first-order valence-corrected chi connectivity index (χ1v) is 8.74. The van der Waals surface area contributed by atoms with E-state index in [9.17, 15) is 36.2 Å². The van der Waals surface area contributed by atoms with E-state index in [-0.39, 0.29) is 17.0 Å². The van der Waals surface area contributed by atoms with Crippen molar-refractivity contribution in [2.45, 2.75) is 18.0 Å². The molecule has 0 spiro atoms. The molecule has 1 amide bonds. The number of rotatable bonds is 3. The van der Waals surface area contributed by atoms with Gasteiger partial charge in [0.2, 0.25) is 0 Å². The zero-order valence-electron chi connectivity index (χ0n) is 15.3. The lowest BCUT2D eigenvalue weighted by Gasteiger charge is -2.32. The third kappa shape index (κ3) is 3.99. The van der Waals surface area contributed by atoms with Gasteiger partial charge in [0.05, 0.1) is 18.8 Å². The van der Waals surface area contributed by atoms with Crippen molar-refractivity contribution >= 4 is 5.91 Å². The molecule has 1 saturated heterocycles. The lowest BCUT2D eigenvalue weighted by Crippen LogP contribution is -2.53. The van der Waals surface area contributed by atoms with Crippen LogP contribution in [0.25, 0.3) is 11.1 Å². The molecule has 0 aliphatic carbocycles. The number of amides is 1. The highest BCUT2D eigenvalue weighted by Gasteiger charge is 2.71. The van der Waals surface area contributed by atoms with Crippen molar-refractivity contribution in [3.63, 3.8) is 0 Å². The fraction of sp³-hybridized carbons (Fsp3) is 0.368. The predicted octanol–water partition coefficient (Wildman–Crippen LogP) is 3.53. The summed E-state index contributed by atoms with van der Waals surface area (Å²) in [5.74, 6) is -0.312. The van der Waals surface area contributed by atoms with Gasteiger partial charge in [0.15, 0.2) is 0 Å². The summed E-state index contributed by atoms with van der Waals surface area (Å²) in [6.45, 7) is 1.57. The van der Waals surface area contributed by atoms with E-state index >= 15 is 0 Å². The Balaban J connectivity index is 1.90. The molecule has 1 N–H and O–H groups in total. The number of carbonyl (C=O) groups is 1. The van der Waals surface area contributed by atoms with Crippen LogP contribution in [0.2, 0.25) is 0 Å². The van der Waals surface area contributed by atoms with Crippen LogP contribution in [0.3, 0.4) is 0 Å². The molecule has 1 fully saturated rings. The van der Waals surface area contributed by atoms with Crippen molar-refractivity contribution in [2.75, 3.05) is 26.3 Å². The molecule has 0 atom stereocenters. The minimum atomic E-state index is -5.96. The highest BCUT2D eigenvalue weighted by molar-refractivity contribution is 5.95. The molecule has 3 rings (SSSR count). The Bertz CT molecular complexity index is 892. The van der Waals surface area contributed by atoms with E-state index < -0.39 is 23.5 Å². The highest BCUT2D eigenvalue weighted by Crippen LogP contribution is 2.50. The van der Waals surface area contributed by atoms with Gasteiger partial charge in [-0.2, -0.15) is 26.3 Å². The predicted molar refractivity (Wildman–Crippen MR) is 92.4 cm³/mol. The van der Waals surface area contributed by atoms with Gasteiger partial charge in [-0.3, -0.25) is 9.78 Å². The smallest absolute Gasteiger partial charge is 0.378 e. The first-order valence-electron chi connectivity index (χ1n) is 8.74. The van der Waals surface area contributed by atoms with Crippen molar-refractivity contribution < 1.29 is 41.0 Å². The van der Waals surface area contributed by atoms with E-state index in [4.69, 9.17) is 4.74 Å². The summed E-state index contributed by atoms with van der Waals surface area (Å²) in [4.78, 5) is 18.0. The van der Waals surface area contributed by atoms with E-state index in [0.29, 0.717) is 44.0 Å². The zero-order valence-corrected chi connectivity index (χ0v) is 15.3. The number of aliphatic hydroxyl groups is 1. The summed E-state index contributed by atoms with van der Waals surface area (Å²) in [5, 5.41) is 9.46. The minimum Gasteiger partial charge on any atom is -0.378 e. The standard InChI is InChI=1S/C19H16F6N2O3/c20-18(21,22)17(29,19(23,24)25)15-3-1-12(2-4-15)13-9-14(11-26-10-13)16(28)27-5-7-30-8-6-27/h1-4,9-11,29H,5-8H2. The lowest BCUT2D eigenvalue weighted by molar-refractivity contribution is -0.376. The van der Waals surface area contributed by atoms with Gasteiger partial charge in [0, 0.05) is 36.6 Å². The van der Waals surface area contributed by atoms with Gasteiger partial charge in [-0.25, -0.2) is 0 Å². The molecule has 1 aliphatic rings. The number of nitrogens with zero attached hydrogens (tertiary/aromatic N) is 2. The van der Waals surface area contributed by atoms with Crippen LogP contribution in [0.5, 0.6) is 0 Å². The number of pyridine rings is 1. The molecule has 1 aliphatic heterocycles. The molecule has 0 radical (unpaired) electrons. The fourth-order valence-corrected chi connectivity index (χ4v) is 3.06. The third-order valence-electron chi connectivity index (χ3n) is 4.74. The number of hydrogen-bond acceptors (Lipinski definition) is 4. The SMILES string of the molecule is O=C(c1cncc(-c2ccc(C(O)(C(F)(F)F)C(F)(F)F)cc2)c1)N1CCOCC1. The Morgan fingerprint density at radius 1 is 0.933 bits per heavy atom. The monoisotopic (exact) mass is 434 g/mol. The lowest BCUT2D eigenvalue weighted by atomic mass is 9.91. The van der Waals surface area contributed by atoms with Crippen LogP contribution in [-0.4, -0.2) is 59.6 Å². The minimum absolute atomic E-state index is 0.223. The van der Waals surface area contributed by atoms with Crippen molar-refractivity contribution in [3.8, 4) is 11.1 Å². The number of morpholine rings is 1. The number of carbonyl (C=O) groups excluding carboxylic acids is 1. The van der Waals surface area contributed by atoms with Gasteiger partial charge in [0.1, 0.15) is 0 Å². The van der Waals surface area contributed by atoms with Gasteiger partial charge in [-0.1, -0.05) is 24.3 Å². The molecule has 1 aromatic heterocycles. The van der Waals surface area contributed by atoms with E-state index in [0.717, 1.165) is 12.1 Å². The Morgan fingerprint density at radius 3 is 2.03 bits per heavy atom. The van der Waals surface area contributed by atoms with Crippen LogP contribution in [0.15, 0.2) is 42.7 Å². The number of alkyl halides is 6. The third-order valence-corrected chi connectivity index (χ3v) is 4.74. The van der Waals surface area contributed by atoms with E-state index in [1.165, 1.54) is 18.5 Å². The van der Waals surface area contributed by atoms with Crippen LogP contribution in [0.1, 0.15) is 15.9 Å². The van der Waals surface area contributed by atoms with Crippen molar-refractivity contribution in [1.29, 1.82) is 0 Å². The van der Waals surface area contributed by atoms with Crippen molar-refractivity contribution in [1.82, 2.24) is 9.88 Å². The number of hydrogen-bond donors (Lipinski definition) is 1. The fourth-order valence-electron chi connectivity index (χ4n) is 3.06. The summed E-state index contributed by atoms with van der Waals surface area (Å²) in [6.07, 6.45) is -9.27. The second-order valence-corrected chi connectivity index (χ2v) is 6.65. The first kappa shape index (κ1) is 22.0. The second-order valence-electron chi connectivity index (χ2n) is 6.65. The van der Waals surface area contributed by atoms with Gasteiger partial charge in [-0.15, -0.1) is 0 Å². The van der Waals surface area contributed by atoms with E-state index in [1.807, 2.05) is 0 Å². The number of aromatic nitrogens is 1. The Labute approximate surface area is 166 Å². The van der Waals surface area contributed by atoms with Crippen LogP contribution < -0.4 is 0 Å². The molecule has 1 aromatic carbocycles. The van der Waals surface area contributed by atoms with Gasteiger partial charge in [-0.05, 0) is 11.6 Å². The summed E-state index contributed by atoms with van der Waals surface area (Å²) in [5.41, 5.74) is -5.58. The van der Waals surface area contributed by atoms with Gasteiger partial charge >= 0.3 is 12.4 Å². The Morgan fingerprint density at radius 2 is 1.50 bits per heavy atom. The van der Waals surface area contributed by atoms with Crippen LogP contribution in [0.4, 0.5) is 26.3 Å². The molecule has 0 saturated carbocycles. The molecule has 5 nitrogen and oxygen atoms in total. The molecule has 11 heteroatoms. The average Bonchev–Trinajstić information content (AvgIpc) is 2.72. The highest BCUT2D eigenvalue weighted by atomic mass is 19.4. The molecular weight excluding hydrogens is 418 g/mol. The molecule has 30 heavy (non-hydrogen) atoms. The zero-order chi connectivity index (χ0) is 22.2. The maximum atomic E-state index is 13.0. The van der Waals surface area contributed by atoms with Crippen LogP contribution >= 0.6 is 0 Å². The summed E-state index contributed by atoms with van der Waals surface area (Å²) >= 11 is 0. The first-order chi connectivity index (χ1) is 13.9. The van der Waals surface area contributed by atoms with E-state index in [1.54, 1.807) is 4.90 Å². The molecule has 162 valence electrons. The molecule has 2 aromatic rings. The number of benzene rings is 1. The Hall–Kier alpha value is -2.66. The van der Waals surface area contributed by atoms with E-state index in [2.05, 4.69) is 4.98 Å². The van der Waals surface area contributed by atoms with Crippen molar-refractivity contribution in [3.05, 3.63) is 53.9 Å². The van der Waals surface area contributed by atoms with Crippen LogP contribution in [-0.2, 0) is 10.3 Å². The van der Waals surface area contributed by atoms with Gasteiger partial charge < -0.3 is 14.7 Å². The topological polar surface area (TPSA) is 62.7 Å². The maximum absolute atomic E-state index is 13.0. The molecule has 2 heterocycles. The molecule has 0 bridgehead atoms. The summed E-state index contributed by atoms with van der Waals surface area (Å²) in [7, 11) is 0. The largest absolute Gasteiger partial charge is 0.430 e. The summed E-state index contributed by atoms with van der Waals surface area (Å²) < 4.78 is 83.2. The Kier molecular flexibility index (Phi) is 5.79. The van der Waals surface area contributed by atoms with Gasteiger partial charge in [0.25, 0.3) is 11.5 Å². The molecular formula is C19H16F6N2O3. The van der Waals surface area contributed by atoms with Crippen molar-refractivity contribution in [2.24, 2.45) is 0 Å². The van der Waals surface area contributed by atoms with Crippen LogP contribution in [0, 0.1) is 0 Å². The maximum Gasteiger partial charge on any atom is 0.430 e. The second kappa shape index (κ2) is 7.88. The normalized spacial score (nSPS) is 15.9. The molecule has 0 unspecified atom stereocenters. The number of ether oxygens (including phenoxy) is 1. The number of halogens is 6. The average molecular weight is 434 g/mol. The summed E-state index contributed by atoms with van der Waals surface area (Å²) in [6, 6.07) is 4.54. The quantitative estimate of drug-likeness (QED) is 0.751.